The van der Waals surface area contributed by atoms with E-state index in [1.165, 1.54) is 12.1 Å². The van der Waals surface area contributed by atoms with Gasteiger partial charge in [-0.1, -0.05) is 18.3 Å². The predicted octanol–water partition coefficient (Wildman–Crippen LogP) is 3.20. The molecule has 3 rings (SSSR count). The Kier molecular flexibility index (Phi) is 3.28. The average Bonchev–Trinajstić information content (AvgIpc) is 2.58. The minimum absolute atomic E-state index is 0.183. The summed E-state index contributed by atoms with van der Waals surface area (Å²) in [6.45, 7) is 1.90. The van der Waals surface area contributed by atoms with Crippen molar-refractivity contribution >= 4 is 28.6 Å². The average molecular weight is 285 g/mol. The number of aliphatic imine (C=N–C) groups is 1. The second-order valence-electron chi connectivity index (χ2n) is 4.55. The van der Waals surface area contributed by atoms with Crippen LogP contribution in [0, 0.1) is 5.82 Å². The Balaban J connectivity index is 2.23. The fourth-order valence-electron chi connectivity index (χ4n) is 2.09. The van der Waals surface area contributed by atoms with E-state index in [2.05, 4.69) is 15.3 Å². The summed E-state index contributed by atoms with van der Waals surface area (Å²) >= 11 is 5.29. The Morgan fingerprint density at radius 2 is 2.10 bits per heavy atom. The molecular formula is C15H12FN3S. The van der Waals surface area contributed by atoms with Crippen LogP contribution >= 0.6 is 12.2 Å². The zero-order chi connectivity index (χ0) is 14.1. The first kappa shape index (κ1) is 12.9. The number of hydrogen-bond donors (Lipinski definition) is 1. The van der Waals surface area contributed by atoms with Crippen LogP contribution in [-0.4, -0.2) is 21.7 Å². The van der Waals surface area contributed by atoms with E-state index in [-0.39, 0.29) is 11.9 Å². The number of hydrogen-bond acceptors (Lipinski definition) is 3. The summed E-state index contributed by atoms with van der Waals surface area (Å²) in [5, 5.41) is 3.12. The monoisotopic (exact) mass is 285 g/mol. The second-order valence-corrected chi connectivity index (χ2v) is 4.99. The minimum Gasteiger partial charge on any atom is -0.348 e. The molecule has 1 aromatic heterocycles. The fourth-order valence-corrected chi connectivity index (χ4v) is 2.25. The van der Waals surface area contributed by atoms with Gasteiger partial charge in [-0.05, 0) is 37.3 Å². The summed E-state index contributed by atoms with van der Waals surface area (Å²) in [4.78, 5) is 9.52. The van der Waals surface area contributed by atoms with Gasteiger partial charge >= 0.3 is 0 Å². The first-order valence-electron chi connectivity index (χ1n) is 6.25. The number of fused-ring (bicyclic) bond motifs is 1. The number of halogens is 1. The molecule has 0 radical (unpaired) electrons. The molecule has 0 amide bonds. The first-order valence-corrected chi connectivity index (χ1v) is 6.66. The molecule has 100 valence electrons. The molecule has 1 aromatic carbocycles. The molecule has 2 aromatic rings. The maximum Gasteiger partial charge on any atom is 0.124 e. The SMILES string of the molecule is CC1N=C(c2ccccn2)c2cc(F)ccc2NC1=S. The summed E-state index contributed by atoms with van der Waals surface area (Å²) in [5.41, 5.74) is 2.79. The molecule has 1 N–H and O–H groups in total. The van der Waals surface area contributed by atoms with Crippen molar-refractivity contribution < 1.29 is 4.39 Å². The molecule has 0 aliphatic carbocycles. The molecule has 0 bridgehead atoms. The maximum absolute atomic E-state index is 13.6. The number of benzene rings is 1. The summed E-state index contributed by atoms with van der Waals surface area (Å²) in [6.07, 6.45) is 1.69. The van der Waals surface area contributed by atoms with Crippen molar-refractivity contribution in [1.29, 1.82) is 0 Å². The second kappa shape index (κ2) is 5.09. The van der Waals surface area contributed by atoms with Crippen LogP contribution in [0.5, 0.6) is 0 Å². The highest BCUT2D eigenvalue weighted by Gasteiger charge is 2.21. The Hall–Kier alpha value is -2.14. The van der Waals surface area contributed by atoms with Crippen LogP contribution in [0.2, 0.25) is 0 Å². The van der Waals surface area contributed by atoms with E-state index in [0.29, 0.717) is 22.0 Å². The van der Waals surface area contributed by atoms with Crippen molar-refractivity contribution in [2.75, 3.05) is 5.32 Å². The zero-order valence-corrected chi connectivity index (χ0v) is 11.6. The number of anilines is 1. The van der Waals surface area contributed by atoms with Crippen LogP contribution in [0.25, 0.3) is 0 Å². The third-order valence-electron chi connectivity index (χ3n) is 3.10. The highest BCUT2D eigenvalue weighted by atomic mass is 32.1. The van der Waals surface area contributed by atoms with E-state index in [0.717, 1.165) is 5.69 Å². The number of nitrogens with zero attached hydrogens (tertiary/aromatic N) is 2. The molecular weight excluding hydrogens is 273 g/mol. The molecule has 1 unspecified atom stereocenters. The van der Waals surface area contributed by atoms with Gasteiger partial charge in [0.2, 0.25) is 0 Å². The summed E-state index contributed by atoms with van der Waals surface area (Å²) in [6, 6.07) is 9.92. The lowest BCUT2D eigenvalue weighted by atomic mass is 10.0. The quantitative estimate of drug-likeness (QED) is 0.818. The van der Waals surface area contributed by atoms with Gasteiger partial charge in [-0.25, -0.2) is 4.39 Å². The minimum atomic E-state index is -0.311. The highest BCUT2D eigenvalue weighted by Crippen LogP contribution is 2.24. The van der Waals surface area contributed by atoms with Gasteiger partial charge in [0.15, 0.2) is 0 Å². The normalized spacial score (nSPS) is 17.8. The summed E-state index contributed by atoms with van der Waals surface area (Å²) in [5.74, 6) is -0.311. The van der Waals surface area contributed by atoms with E-state index < -0.39 is 0 Å². The number of rotatable bonds is 1. The maximum atomic E-state index is 13.6. The topological polar surface area (TPSA) is 37.3 Å². The lowest BCUT2D eigenvalue weighted by Gasteiger charge is -2.09. The molecule has 5 heteroatoms. The Bertz CT molecular complexity index is 698. The van der Waals surface area contributed by atoms with Gasteiger partial charge in [0.05, 0.1) is 17.4 Å². The number of aromatic nitrogens is 1. The van der Waals surface area contributed by atoms with Gasteiger partial charge in [-0.2, -0.15) is 0 Å². The Morgan fingerprint density at radius 3 is 2.85 bits per heavy atom. The van der Waals surface area contributed by atoms with Gasteiger partial charge in [0.1, 0.15) is 10.8 Å². The van der Waals surface area contributed by atoms with Gasteiger partial charge < -0.3 is 5.32 Å². The van der Waals surface area contributed by atoms with E-state index in [1.54, 1.807) is 12.3 Å². The number of pyridine rings is 1. The molecule has 1 atom stereocenters. The van der Waals surface area contributed by atoms with Gasteiger partial charge in [0, 0.05) is 17.4 Å². The Morgan fingerprint density at radius 1 is 1.25 bits per heavy atom. The predicted molar refractivity (Wildman–Crippen MR) is 82.0 cm³/mol. The highest BCUT2D eigenvalue weighted by molar-refractivity contribution is 7.80. The third kappa shape index (κ3) is 2.32. The van der Waals surface area contributed by atoms with Crippen molar-refractivity contribution in [2.45, 2.75) is 13.0 Å². The van der Waals surface area contributed by atoms with Crippen LogP contribution in [-0.2, 0) is 0 Å². The Labute approximate surface area is 121 Å². The molecule has 0 saturated carbocycles. The van der Waals surface area contributed by atoms with Crippen molar-refractivity contribution in [2.24, 2.45) is 4.99 Å². The van der Waals surface area contributed by atoms with Crippen molar-refractivity contribution in [1.82, 2.24) is 4.98 Å². The molecule has 3 nitrogen and oxygen atoms in total. The van der Waals surface area contributed by atoms with Crippen LogP contribution in [0.15, 0.2) is 47.6 Å². The van der Waals surface area contributed by atoms with E-state index in [1.807, 2.05) is 25.1 Å². The number of benzodiazepines with no additional fused rings is 1. The summed E-state index contributed by atoms with van der Waals surface area (Å²) < 4.78 is 13.6. The molecule has 20 heavy (non-hydrogen) atoms. The first-order chi connectivity index (χ1) is 9.65. The van der Waals surface area contributed by atoms with Crippen LogP contribution < -0.4 is 5.32 Å². The smallest absolute Gasteiger partial charge is 0.124 e. The molecule has 0 fully saturated rings. The van der Waals surface area contributed by atoms with Gasteiger partial charge in [-0.3, -0.25) is 9.98 Å². The fraction of sp³-hybridized carbons (Fsp3) is 0.133. The third-order valence-corrected chi connectivity index (χ3v) is 3.55. The van der Waals surface area contributed by atoms with Crippen molar-refractivity contribution in [3.8, 4) is 0 Å². The van der Waals surface area contributed by atoms with E-state index in [9.17, 15) is 4.39 Å². The van der Waals surface area contributed by atoms with Gasteiger partial charge in [0.25, 0.3) is 0 Å². The van der Waals surface area contributed by atoms with Crippen molar-refractivity contribution in [3.63, 3.8) is 0 Å². The summed E-state index contributed by atoms with van der Waals surface area (Å²) in [7, 11) is 0. The lowest BCUT2D eigenvalue weighted by molar-refractivity contribution is 0.628. The molecule has 2 heterocycles. The lowest BCUT2D eigenvalue weighted by Crippen LogP contribution is -2.20. The van der Waals surface area contributed by atoms with Crippen molar-refractivity contribution in [3.05, 3.63) is 59.7 Å². The molecule has 0 saturated heterocycles. The molecule has 1 aliphatic heterocycles. The largest absolute Gasteiger partial charge is 0.348 e. The van der Waals surface area contributed by atoms with E-state index >= 15 is 0 Å². The van der Waals surface area contributed by atoms with Gasteiger partial charge in [-0.15, -0.1) is 0 Å². The zero-order valence-electron chi connectivity index (χ0n) is 10.8. The van der Waals surface area contributed by atoms with Crippen LogP contribution in [0.1, 0.15) is 18.2 Å². The van der Waals surface area contributed by atoms with Crippen LogP contribution in [0.3, 0.4) is 0 Å². The standard InChI is InChI=1S/C15H12FN3S/c1-9-15(20)19-12-6-5-10(16)8-11(12)14(18-9)13-4-2-3-7-17-13/h2-9H,1H3,(H,19,20). The van der Waals surface area contributed by atoms with Crippen LogP contribution in [0.4, 0.5) is 10.1 Å². The molecule has 0 spiro atoms. The van der Waals surface area contributed by atoms with E-state index in [4.69, 9.17) is 12.2 Å². The number of thiocarbonyl (C=S) groups is 1. The molecule has 1 aliphatic rings. The number of nitrogens with one attached hydrogen (secondary N) is 1.